The largest absolute Gasteiger partial charge is 0.508 e. The van der Waals surface area contributed by atoms with Crippen molar-refractivity contribution in [2.45, 2.75) is 166 Å². The second-order valence-corrected chi connectivity index (χ2v) is 22.9. The maximum Gasteiger partial charge on any atom is 0.326 e. The average Bonchev–Trinajstić information content (AvgIpc) is 3.06. The molecule has 0 radical (unpaired) electrons. The molecule has 28 nitrogen and oxygen atoms in total. The smallest absolute Gasteiger partial charge is 0.326 e. The van der Waals surface area contributed by atoms with E-state index in [4.69, 9.17) is 5.73 Å². The molecule has 30 heteroatoms. The fourth-order valence-corrected chi connectivity index (χ4v) is 9.04. The van der Waals surface area contributed by atoms with Crippen molar-refractivity contribution in [3.8, 4) is 11.5 Å². The summed E-state index contributed by atoms with van der Waals surface area (Å²) in [4.78, 5) is 160. The van der Waals surface area contributed by atoms with Crippen LogP contribution in [-0.2, 0) is 70.4 Å². The fraction of sp³-hybridized carbons (Fsp3) is 0.571. The lowest BCUT2D eigenvalue weighted by Gasteiger charge is -2.29. The number of benzene rings is 2. The molecule has 0 bridgehead atoms. The Bertz CT molecular complexity index is 2650. The first kappa shape index (κ1) is 74.4. The third-order valence-corrected chi connectivity index (χ3v) is 14.6. The lowest BCUT2D eigenvalue weighted by Crippen LogP contribution is -2.62. The van der Waals surface area contributed by atoms with Crippen molar-refractivity contribution in [2.24, 2.45) is 23.5 Å². The summed E-state index contributed by atoms with van der Waals surface area (Å²) in [6.07, 6.45) is -2.50. The summed E-state index contributed by atoms with van der Waals surface area (Å²) in [5, 5.41) is 81.7. The van der Waals surface area contributed by atoms with Gasteiger partial charge in [-0.2, -0.15) is 24.4 Å². The number of nitrogens with two attached hydrogens (primary N) is 1. The molecule has 86 heavy (non-hydrogen) atoms. The number of carbonyl (C=O) groups is 12. The van der Waals surface area contributed by atoms with Crippen molar-refractivity contribution in [3.05, 3.63) is 59.7 Å². The number of aliphatic carboxylic acids is 3. The zero-order valence-corrected chi connectivity index (χ0v) is 51.0. The summed E-state index contributed by atoms with van der Waals surface area (Å²) >= 11 is 5.43. The van der Waals surface area contributed by atoms with Gasteiger partial charge in [-0.25, -0.2) is 4.79 Å². The standard InChI is InChI=1S/C56H84N10O18S2/c1-9-29(6)44(57)53(80)65-45(28(4)5)54(81)62-39(25-43(72)73)50(77)64-41(26-85)52(79)60-37(22-27(2)3)51(78)66-46(30(7)67)55(82)59-35(18-19-42(70)71)47(74)58-36(20-21-86-8)48(75)61-38(23-31-10-14-33(68)15-11-31)49(76)63-40(56(83)84)24-32-12-16-34(69)17-13-32/h10-17,27-30,35-41,44-46,67-69,85H,9,18-26,57H2,1-8H3,(H,58,74)(H,59,82)(H,60,79)(H,61,75)(H,62,81)(H,63,76)(H,64,77)(H,65,80)(H,66,78)(H,70,71)(H,72,73)(H,83,84)/t29-,30+,35-,36-,37-,38-,39-,40-,41-,44-,45-,46-/m0/s1. The number of hydrogen-bond donors (Lipinski definition) is 17. The lowest BCUT2D eigenvalue weighted by atomic mass is 9.97. The van der Waals surface area contributed by atoms with Crippen LogP contribution in [0.15, 0.2) is 48.5 Å². The van der Waals surface area contributed by atoms with Crippen LogP contribution in [0, 0.1) is 17.8 Å². The zero-order chi connectivity index (χ0) is 65.1. The molecule has 12 atom stereocenters. The summed E-state index contributed by atoms with van der Waals surface area (Å²) in [5.74, 6) is -15.0. The molecular formula is C56H84N10O18S2. The zero-order valence-electron chi connectivity index (χ0n) is 49.3. The van der Waals surface area contributed by atoms with E-state index >= 15 is 0 Å². The molecule has 2 aromatic rings. The number of hydrogen-bond acceptors (Lipinski definition) is 18. The molecule has 0 aliphatic heterocycles. The molecule has 2 rings (SSSR count). The number of thioether (sulfide) groups is 1. The predicted octanol–water partition coefficient (Wildman–Crippen LogP) is -1.19. The molecule has 17 N–H and O–H groups in total. The maximum absolute atomic E-state index is 14.2. The van der Waals surface area contributed by atoms with Crippen LogP contribution in [0.2, 0.25) is 0 Å². The number of carbonyl (C=O) groups excluding carboxylic acids is 9. The first-order valence-electron chi connectivity index (χ1n) is 27.8. The van der Waals surface area contributed by atoms with Crippen LogP contribution in [0.1, 0.15) is 98.1 Å². The molecule has 9 amide bonds. The highest BCUT2D eigenvalue weighted by molar-refractivity contribution is 7.98. The molecule has 478 valence electrons. The Morgan fingerprint density at radius 1 is 0.512 bits per heavy atom. The number of thiol groups is 1. The number of phenols is 2. The summed E-state index contributed by atoms with van der Waals surface area (Å²) in [7, 11) is 0. The summed E-state index contributed by atoms with van der Waals surface area (Å²) < 4.78 is 0. The first-order chi connectivity index (χ1) is 40.3. The van der Waals surface area contributed by atoms with E-state index in [1.165, 1.54) is 60.3 Å². The third kappa shape index (κ3) is 25.9. The van der Waals surface area contributed by atoms with E-state index in [1.54, 1.807) is 40.9 Å². The number of aliphatic hydroxyl groups is 1. The SMILES string of the molecule is CC[C@H](C)[C@H](N)C(=O)N[C@H](C(=O)N[C@@H](CC(=O)O)C(=O)N[C@@H](CS)C(=O)N[C@@H](CC(C)C)C(=O)N[C@H](C(=O)N[C@@H](CCC(=O)O)C(=O)N[C@@H](CCSC)C(=O)N[C@@H](Cc1ccc(O)cc1)C(=O)N[C@@H](Cc1ccc(O)cc1)C(=O)O)[C@@H](C)O)C(C)C. The molecule has 0 aliphatic rings. The third-order valence-electron chi connectivity index (χ3n) is 13.6. The molecule has 0 heterocycles. The molecule has 0 unspecified atom stereocenters. The van der Waals surface area contributed by atoms with Crippen LogP contribution < -0.4 is 53.6 Å². The van der Waals surface area contributed by atoms with Gasteiger partial charge in [0.1, 0.15) is 65.9 Å². The van der Waals surface area contributed by atoms with Gasteiger partial charge in [0.05, 0.1) is 18.6 Å². The minimum absolute atomic E-state index is 0.0823. The van der Waals surface area contributed by atoms with Crippen molar-refractivity contribution >= 4 is 95.5 Å². The van der Waals surface area contributed by atoms with E-state index in [0.29, 0.717) is 17.5 Å². The molecule has 0 saturated heterocycles. The predicted molar refractivity (Wildman–Crippen MR) is 318 cm³/mol. The van der Waals surface area contributed by atoms with Crippen molar-refractivity contribution in [3.63, 3.8) is 0 Å². The quantitative estimate of drug-likeness (QED) is 0.0352. The summed E-state index contributed by atoms with van der Waals surface area (Å²) in [5.41, 5.74) is 6.90. The van der Waals surface area contributed by atoms with Gasteiger partial charge in [-0.3, -0.25) is 52.7 Å². The van der Waals surface area contributed by atoms with Crippen LogP contribution in [0.25, 0.3) is 0 Å². The number of carboxylic acid groups (broad SMARTS) is 3. The molecule has 0 fully saturated rings. The van der Waals surface area contributed by atoms with E-state index in [0.717, 1.165) is 6.92 Å². The Kier molecular flexibility index (Phi) is 32.0. The van der Waals surface area contributed by atoms with Crippen LogP contribution >= 0.6 is 24.4 Å². The highest BCUT2D eigenvalue weighted by atomic mass is 32.2. The maximum atomic E-state index is 14.2. The van der Waals surface area contributed by atoms with Crippen LogP contribution in [0.4, 0.5) is 0 Å². The number of carboxylic acids is 3. The van der Waals surface area contributed by atoms with Crippen LogP contribution in [0.3, 0.4) is 0 Å². The van der Waals surface area contributed by atoms with E-state index < -0.39 is 169 Å². The molecule has 0 saturated carbocycles. The minimum atomic E-state index is -1.90. The van der Waals surface area contributed by atoms with Gasteiger partial charge < -0.3 is 84.2 Å². The first-order valence-corrected chi connectivity index (χ1v) is 29.8. The molecular weight excluding hydrogens is 1160 g/mol. The Balaban J connectivity index is 2.40. The van der Waals surface area contributed by atoms with Gasteiger partial charge in [0.2, 0.25) is 53.2 Å². The van der Waals surface area contributed by atoms with Crippen LogP contribution in [0.5, 0.6) is 11.5 Å². The topological polar surface area (TPSA) is 461 Å². The van der Waals surface area contributed by atoms with E-state index in [2.05, 4.69) is 60.5 Å². The van der Waals surface area contributed by atoms with Crippen molar-refractivity contribution < 1.29 is 88.2 Å². The van der Waals surface area contributed by atoms with Crippen molar-refractivity contribution in [2.75, 3.05) is 17.8 Å². The summed E-state index contributed by atoms with van der Waals surface area (Å²) in [6.45, 7) is 11.2. The number of phenolic OH excluding ortho intramolecular Hbond substituents is 2. The molecule has 2 aromatic carbocycles. The number of aromatic hydroxyl groups is 2. The Hall–Kier alpha value is -7.70. The van der Waals surface area contributed by atoms with E-state index in [1.807, 2.05) is 6.92 Å². The number of amides is 9. The van der Waals surface area contributed by atoms with Crippen LogP contribution in [-0.4, -0.2) is 186 Å². The normalized spacial score (nSPS) is 15.4. The highest BCUT2D eigenvalue weighted by Gasteiger charge is 2.38. The fourth-order valence-electron chi connectivity index (χ4n) is 8.31. The van der Waals surface area contributed by atoms with Gasteiger partial charge in [-0.15, -0.1) is 0 Å². The number of nitrogens with one attached hydrogen (secondary N) is 9. The van der Waals surface area contributed by atoms with E-state index in [-0.39, 0.29) is 54.8 Å². The minimum Gasteiger partial charge on any atom is -0.508 e. The van der Waals surface area contributed by atoms with Crippen molar-refractivity contribution in [1.82, 2.24) is 47.9 Å². The second-order valence-electron chi connectivity index (χ2n) is 21.5. The Morgan fingerprint density at radius 2 is 0.919 bits per heavy atom. The molecule has 0 aromatic heterocycles. The van der Waals surface area contributed by atoms with Gasteiger partial charge in [-0.05, 0) is 91.3 Å². The highest BCUT2D eigenvalue weighted by Crippen LogP contribution is 2.16. The Morgan fingerprint density at radius 3 is 1.38 bits per heavy atom. The average molecular weight is 1250 g/mol. The number of rotatable bonds is 38. The Labute approximate surface area is 508 Å². The number of aliphatic hydroxyl groups excluding tert-OH is 1. The van der Waals surface area contributed by atoms with E-state index in [9.17, 15) is 88.2 Å². The second kappa shape index (κ2) is 37.0. The molecule has 0 spiro atoms. The van der Waals surface area contributed by atoms with Crippen molar-refractivity contribution in [1.29, 1.82) is 0 Å². The van der Waals surface area contributed by atoms with Gasteiger partial charge in [0.15, 0.2) is 0 Å². The molecule has 0 aliphatic carbocycles. The van der Waals surface area contributed by atoms with Gasteiger partial charge in [0, 0.05) is 25.0 Å². The van der Waals surface area contributed by atoms with Gasteiger partial charge in [0.25, 0.3) is 0 Å². The summed E-state index contributed by atoms with van der Waals surface area (Å²) in [6, 6.07) is -4.22. The van der Waals surface area contributed by atoms with Gasteiger partial charge >= 0.3 is 17.9 Å². The lowest BCUT2D eigenvalue weighted by molar-refractivity contribution is -0.142. The van der Waals surface area contributed by atoms with Gasteiger partial charge in [-0.1, -0.05) is 72.2 Å². The monoisotopic (exact) mass is 1250 g/mol.